The average molecular weight is 247 g/mol. The minimum atomic E-state index is -0.157. The predicted molar refractivity (Wildman–Crippen MR) is 65.1 cm³/mol. The van der Waals surface area contributed by atoms with E-state index < -0.39 is 0 Å². The third-order valence-corrected chi connectivity index (χ3v) is 6.81. The molecule has 14 heavy (non-hydrogen) atoms. The van der Waals surface area contributed by atoms with Crippen molar-refractivity contribution in [2.75, 3.05) is 12.3 Å². The third-order valence-electron chi connectivity index (χ3n) is 3.38. The van der Waals surface area contributed by atoms with Gasteiger partial charge in [0.1, 0.15) is 4.75 Å². The number of carbonyl (C=O) groups is 1. The Hall–Kier alpha value is 0.680. The number of hydrogen-bond acceptors (Lipinski definition) is 4. The zero-order valence-electron chi connectivity index (χ0n) is 7.78. The molecule has 3 fully saturated rings. The molecule has 0 radical (unpaired) electrons. The van der Waals surface area contributed by atoms with Crippen molar-refractivity contribution in [1.29, 1.82) is 0 Å². The highest BCUT2D eigenvalue weighted by atomic mass is 32.2. The quantitative estimate of drug-likeness (QED) is 0.582. The van der Waals surface area contributed by atoms with Gasteiger partial charge in [-0.15, -0.1) is 24.4 Å². The molecule has 78 valence electrons. The average Bonchev–Trinajstić information content (AvgIpc) is 3.04. The maximum Gasteiger partial charge on any atom is 0.204 e. The lowest BCUT2D eigenvalue weighted by Gasteiger charge is -2.14. The molecule has 3 aliphatic rings. The van der Waals surface area contributed by atoms with Gasteiger partial charge in [-0.3, -0.25) is 4.79 Å². The van der Waals surface area contributed by atoms with Gasteiger partial charge in [0.05, 0.1) is 4.87 Å². The molecule has 2 heterocycles. The monoisotopic (exact) mass is 247 g/mol. The highest BCUT2D eigenvalue weighted by Gasteiger charge is 2.74. The lowest BCUT2D eigenvalue weighted by Crippen LogP contribution is -2.40. The fourth-order valence-electron chi connectivity index (χ4n) is 2.42. The van der Waals surface area contributed by atoms with E-state index in [-0.39, 0.29) is 14.7 Å². The highest BCUT2D eigenvalue weighted by molar-refractivity contribution is 8.13. The van der Waals surface area contributed by atoms with Gasteiger partial charge in [-0.1, -0.05) is 0 Å². The van der Waals surface area contributed by atoms with Gasteiger partial charge >= 0.3 is 0 Å². The van der Waals surface area contributed by atoms with Crippen LogP contribution in [0.4, 0.5) is 0 Å². The Balaban J connectivity index is 1.68. The first-order valence-electron chi connectivity index (χ1n) is 4.99. The van der Waals surface area contributed by atoms with Crippen LogP contribution in [0, 0.1) is 0 Å². The summed E-state index contributed by atoms with van der Waals surface area (Å²) in [5.74, 6) is 1.29. The molecule has 0 bridgehead atoms. The van der Waals surface area contributed by atoms with E-state index in [4.69, 9.17) is 0 Å². The first-order chi connectivity index (χ1) is 6.69. The van der Waals surface area contributed by atoms with Crippen LogP contribution in [0.2, 0.25) is 0 Å². The Kier molecular flexibility index (Phi) is 2.18. The number of thioether (sulfide) groups is 2. The maximum absolute atomic E-state index is 11.5. The summed E-state index contributed by atoms with van der Waals surface area (Å²) in [7, 11) is 0. The smallest absolute Gasteiger partial charge is 0.204 e. The second-order valence-corrected chi connectivity index (χ2v) is 7.59. The minimum absolute atomic E-state index is 0.0784. The lowest BCUT2D eigenvalue weighted by atomic mass is 10.1. The summed E-state index contributed by atoms with van der Waals surface area (Å²) in [5, 5.41) is 4.47. The summed E-state index contributed by atoms with van der Waals surface area (Å²) in [6, 6.07) is 0. The number of nitrogens with one attached hydrogen (secondary N) is 1. The van der Waals surface area contributed by atoms with Crippen LogP contribution in [0.25, 0.3) is 0 Å². The SMILES string of the molecule is O=C(S)C12CCCC1(NCC1CS1)S2. The molecular formula is C9H13NOS3. The molecule has 3 unspecified atom stereocenters. The molecule has 3 atom stereocenters. The molecule has 1 aliphatic carbocycles. The largest absolute Gasteiger partial charge is 0.300 e. The van der Waals surface area contributed by atoms with Gasteiger partial charge in [-0.05, 0) is 19.3 Å². The van der Waals surface area contributed by atoms with Gasteiger partial charge < -0.3 is 5.32 Å². The molecule has 0 amide bonds. The van der Waals surface area contributed by atoms with E-state index in [0.717, 1.165) is 24.6 Å². The van der Waals surface area contributed by atoms with Crippen molar-refractivity contribution in [3.8, 4) is 0 Å². The summed E-state index contributed by atoms with van der Waals surface area (Å²) in [6.45, 7) is 1.07. The van der Waals surface area contributed by atoms with E-state index in [9.17, 15) is 4.79 Å². The van der Waals surface area contributed by atoms with Crippen LogP contribution in [-0.2, 0) is 4.79 Å². The molecule has 2 nitrogen and oxygen atoms in total. The topological polar surface area (TPSA) is 29.1 Å². The molecule has 0 spiro atoms. The number of fused-ring (bicyclic) bond motifs is 1. The Morgan fingerprint density at radius 2 is 2.36 bits per heavy atom. The number of rotatable bonds is 4. The van der Waals surface area contributed by atoms with Crippen molar-refractivity contribution in [3.63, 3.8) is 0 Å². The van der Waals surface area contributed by atoms with Gasteiger partial charge in [0.15, 0.2) is 0 Å². The Bertz CT molecular complexity index is 294. The molecule has 0 aromatic rings. The van der Waals surface area contributed by atoms with Crippen LogP contribution in [0.15, 0.2) is 0 Å². The molecular weight excluding hydrogens is 234 g/mol. The Morgan fingerprint density at radius 3 is 2.93 bits per heavy atom. The number of thiol groups is 1. The zero-order valence-corrected chi connectivity index (χ0v) is 10.3. The van der Waals surface area contributed by atoms with E-state index in [2.05, 4.69) is 17.9 Å². The van der Waals surface area contributed by atoms with Gasteiger partial charge in [0.2, 0.25) is 5.12 Å². The predicted octanol–water partition coefficient (Wildman–Crippen LogP) is 1.51. The first-order valence-corrected chi connectivity index (χ1v) is 7.30. The van der Waals surface area contributed by atoms with E-state index in [0.29, 0.717) is 0 Å². The third kappa shape index (κ3) is 1.29. The van der Waals surface area contributed by atoms with Crippen molar-refractivity contribution in [2.24, 2.45) is 0 Å². The second-order valence-electron chi connectivity index (χ2n) is 4.25. The molecule has 5 heteroatoms. The van der Waals surface area contributed by atoms with Crippen LogP contribution in [0.5, 0.6) is 0 Å². The van der Waals surface area contributed by atoms with Crippen LogP contribution < -0.4 is 5.32 Å². The zero-order chi connectivity index (χ0) is 9.81. The molecule has 1 N–H and O–H groups in total. The summed E-state index contributed by atoms with van der Waals surface area (Å²) < 4.78 is -0.157. The normalized spacial score (nSPS) is 48.8. The van der Waals surface area contributed by atoms with Crippen molar-refractivity contribution in [3.05, 3.63) is 0 Å². The minimum Gasteiger partial charge on any atom is -0.300 e. The lowest BCUT2D eigenvalue weighted by molar-refractivity contribution is -0.112. The molecule has 2 saturated heterocycles. The van der Waals surface area contributed by atoms with Crippen LogP contribution in [0.1, 0.15) is 19.3 Å². The number of carbonyl (C=O) groups excluding carboxylic acids is 1. The Labute approximate surface area is 97.8 Å². The highest BCUT2D eigenvalue weighted by Crippen LogP contribution is 2.71. The molecule has 2 aliphatic heterocycles. The molecule has 0 aromatic heterocycles. The van der Waals surface area contributed by atoms with Gasteiger partial charge in [0.25, 0.3) is 0 Å². The van der Waals surface area contributed by atoms with Crippen LogP contribution >= 0.6 is 36.2 Å². The maximum atomic E-state index is 11.5. The van der Waals surface area contributed by atoms with Gasteiger partial charge in [-0.2, -0.15) is 11.8 Å². The number of hydrogen-bond donors (Lipinski definition) is 2. The van der Waals surface area contributed by atoms with Gasteiger partial charge in [-0.25, -0.2) is 0 Å². The standard InChI is InChI=1S/C9H13NOS3/c11-7(12)8-2-1-3-9(8,14-8)10-4-6-5-13-6/h6,10H,1-5H2,(H,11,12). The molecule has 0 aromatic carbocycles. The summed E-state index contributed by atoms with van der Waals surface area (Å²) >= 11 is 7.84. The van der Waals surface area contributed by atoms with Gasteiger partial charge in [0, 0.05) is 17.5 Å². The van der Waals surface area contributed by atoms with Crippen LogP contribution in [-0.4, -0.2) is 32.3 Å². The Morgan fingerprint density at radius 1 is 1.57 bits per heavy atom. The van der Waals surface area contributed by atoms with Crippen molar-refractivity contribution in [1.82, 2.24) is 5.32 Å². The van der Waals surface area contributed by atoms with Crippen molar-refractivity contribution >= 4 is 41.3 Å². The fraction of sp³-hybridized carbons (Fsp3) is 0.889. The van der Waals surface area contributed by atoms with Crippen molar-refractivity contribution in [2.45, 2.75) is 34.1 Å². The molecule has 3 rings (SSSR count). The van der Waals surface area contributed by atoms with E-state index >= 15 is 0 Å². The summed E-state index contributed by atoms with van der Waals surface area (Å²) in [4.78, 5) is 11.6. The fourth-order valence-corrected chi connectivity index (χ4v) is 5.04. The van der Waals surface area contributed by atoms with E-state index in [1.165, 1.54) is 12.2 Å². The summed E-state index contributed by atoms with van der Waals surface area (Å²) in [6.07, 6.45) is 3.33. The van der Waals surface area contributed by atoms with Crippen molar-refractivity contribution < 1.29 is 4.79 Å². The van der Waals surface area contributed by atoms with E-state index in [1.54, 1.807) is 11.8 Å². The second kappa shape index (κ2) is 3.09. The van der Waals surface area contributed by atoms with Crippen LogP contribution in [0.3, 0.4) is 0 Å². The summed E-state index contributed by atoms with van der Waals surface area (Å²) in [5.41, 5.74) is 0. The first kappa shape index (κ1) is 9.87. The molecule has 1 saturated carbocycles. The van der Waals surface area contributed by atoms with E-state index in [1.807, 2.05) is 11.8 Å².